The third kappa shape index (κ3) is 3.56. The van der Waals surface area contributed by atoms with Crippen molar-refractivity contribution in [2.24, 2.45) is 0 Å². The average Bonchev–Trinajstić information content (AvgIpc) is 2.16. The smallest absolute Gasteiger partial charge is 0.340 e. The van der Waals surface area contributed by atoms with Crippen molar-refractivity contribution in [2.75, 3.05) is 0 Å². The van der Waals surface area contributed by atoms with Crippen molar-refractivity contribution in [3.8, 4) is 0 Å². The van der Waals surface area contributed by atoms with Crippen LogP contribution in [0.25, 0.3) is 0 Å². The van der Waals surface area contributed by atoms with E-state index in [2.05, 4.69) is 36.8 Å². The van der Waals surface area contributed by atoms with Gasteiger partial charge in [-0.25, -0.2) is 4.79 Å². The lowest BCUT2D eigenvalue weighted by Crippen LogP contribution is -2.33. The normalized spacial score (nSPS) is 12.3. The maximum absolute atomic E-state index is 11.9. The Hall–Kier alpha value is -0.420. The molecule has 0 spiro atoms. The number of esters is 1. The molecule has 0 amide bonds. The highest BCUT2D eigenvalue weighted by molar-refractivity contribution is 9.25. The van der Waals surface area contributed by atoms with Crippen LogP contribution in [0, 0.1) is 0 Å². The molecule has 3 nitrogen and oxygen atoms in total. The van der Waals surface area contributed by atoms with Gasteiger partial charge in [0.1, 0.15) is 5.60 Å². The minimum absolute atomic E-state index is 0.418. The molecule has 0 unspecified atom stereocenters. The summed E-state index contributed by atoms with van der Waals surface area (Å²) in [7, 11) is 0. The zero-order valence-electron chi connectivity index (χ0n) is 9.33. The van der Waals surface area contributed by atoms with Crippen LogP contribution in [0.5, 0.6) is 0 Å². The summed E-state index contributed by atoms with van der Waals surface area (Å²) in [6.07, 6.45) is 1.62. The summed E-state index contributed by atoms with van der Waals surface area (Å²) in [5.74, 6) is -0.418. The van der Waals surface area contributed by atoms with Gasteiger partial charge in [-0.2, -0.15) is 0 Å². The van der Waals surface area contributed by atoms with Gasteiger partial charge in [0.2, 0.25) is 3.23 Å². The molecule has 1 aromatic heterocycles. The lowest BCUT2D eigenvalue weighted by Gasteiger charge is -2.25. The van der Waals surface area contributed by atoms with Gasteiger partial charge in [-0.15, -0.1) is 0 Å². The lowest BCUT2D eigenvalue weighted by molar-refractivity contribution is -0.155. The largest absolute Gasteiger partial charge is 0.458 e. The van der Waals surface area contributed by atoms with Crippen LogP contribution in [0.15, 0.2) is 24.4 Å². The van der Waals surface area contributed by atoms with Gasteiger partial charge in [-0.3, -0.25) is 4.98 Å². The molecule has 0 atom stereocenters. The highest BCUT2D eigenvalue weighted by Crippen LogP contribution is 2.39. The zero-order valence-corrected chi connectivity index (χ0v) is 12.5. The first-order chi connectivity index (χ1) is 7.23. The second-order valence-electron chi connectivity index (χ2n) is 4.29. The van der Waals surface area contributed by atoms with Crippen LogP contribution in [0.3, 0.4) is 0 Å². The van der Waals surface area contributed by atoms with Gasteiger partial charge < -0.3 is 4.74 Å². The van der Waals surface area contributed by atoms with Gasteiger partial charge in [-0.05, 0) is 32.9 Å². The summed E-state index contributed by atoms with van der Waals surface area (Å²) in [5.41, 5.74) is 0.0304. The molecule has 0 radical (unpaired) electrons. The Kier molecular flexibility index (Phi) is 4.12. The number of carbonyl (C=O) groups is 1. The molecule has 0 aliphatic carbocycles. The van der Waals surface area contributed by atoms with E-state index in [0.29, 0.717) is 5.69 Å². The van der Waals surface area contributed by atoms with E-state index in [1.165, 1.54) is 0 Å². The quantitative estimate of drug-likeness (QED) is 0.606. The van der Waals surface area contributed by atoms with Crippen molar-refractivity contribution in [1.82, 2.24) is 4.98 Å². The number of ether oxygens (including phenoxy) is 1. The number of halogens is 2. The average molecular weight is 351 g/mol. The van der Waals surface area contributed by atoms with E-state index in [1.807, 2.05) is 26.8 Å². The first-order valence-corrected chi connectivity index (χ1v) is 6.35. The minimum Gasteiger partial charge on any atom is -0.458 e. The molecule has 1 rings (SSSR count). The Labute approximate surface area is 112 Å². The Morgan fingerprint density at radius 2 is 1.94 bits per heavy atom. The van der Waals surface area contributed by atoms with E-state index in [9.17, 15) is 4.79 Å². The Balaban J connectivity index is 2.90. The molecule has 0 aromatic carbocycles. The van der Waals surface area contributed by atoms with Crippen LogP contribution in [-0.2, 0) is 12.8 Å². The van der Waals surface area contributed by atoms with Crippen LogP contribution < -0.4 is 0 Å². The first-order valence-electron chi connectivity index (χ1n) is 4.76. The number of pyridine rings is 1. The molecular weight excluding hydrogens is 338 g/mol. The minimum atomic E-state index is -1.09. The van der Waals surface area contributed by atoms with Crippen molar-refractivity contribution in [1.29, 1.82) is 0 Å². The van der Waals surface area contributed by atoms with E-state index in [4.69, 9.17) is 4.74 Å². The molecule has 0 bridgehead atoms. The fourth-order valence-corrected chi connectivity index (χ4v) is 1.63. The second kappa shape index (κ2) is 4.84. The Morgan fingerprint density at radius 1 is 1.31 bits per heavy atom. The molecule has 0 fully saturated rings. The van der Waals surface area contributed by atoms with Gasteiger partial charge in [-0.1, -0.05) is 37.9 Å². The monoisotopic (exact) mass is 349 g/mol. The van der Waals surface area contributed by atoms with E-state index < -0.39 is 14.8 Å². The molecule has 0 aliphatic heterocycles. The fourth-order valence-electron chi connectivity index (χ4n) is 0.995. The molecule has 0 N–H and O–H groups in total. The number of hydrogen-bond donors (Lipinski definition) is 0. The van der Waals surface area contributed by atoms with E-state index in [0.717, 1.165) is 0 Å². The summed E-state index contributed by atoms with van der Waals surface area (Å²) < 4.78 is 4.20. The number of carbonyl (C=O) groups excluding carboxylic acids is 1. The number of hydrogen-bond acceptors (Lipinski definition) is 3. The number of nitrogens with zero attached hydrogens (tertiary/aromatic N) is 1. The molecule has 1 heterocycles. The first kappa shape index (κ1) is 13.6. The Bertz CT molecular complexity index is 371. The molecule has 5 heteroatoms. The maximum Gasteiger partial charge on any atom is 0.340 e. The van der Waals surface area contributed by atoms with Crippen LogP contribution in [0.1, 0.15) is 26.5 Å². The van der Waals surface area contributed by atoms with Gasteiger partial charge in [0.15, 0.2) is 0 Å². The standard InChI is InChI=1S/C11H13Br2NO2/c1-10(2,3)16-9(15)11(12,13)8-6-4-5-7-14-8/h4-7H,1-3H3. The Morgan fingerprint density at radius 3 is 2.38 bits per heavy atom. The number of alkyl halides is 2. The van der Waals surface area contributed by atoms with Crippen LogP contribution in [-0.4, -0.2) is 16.6 Å². The van der Waals surface area contributed by atoms with Gasteiger partial charge in [0, 0.05) is 6.20 Å². The fraction of sp³-hybridized carbons (Fsp3) is 0.455. The maximum atomic E-state index is 11.9. The third-order valence-electron chi connectivity index (χ3n) is 1.64. The van der Waals surface area contributed by atoms with Crippen molar-refractivity contribution in [2.45, 2.75) is 29.6 Å². The van der Waals surface area contributed by atoms with Crippen LogP contribution in [0.2, 0.25) is 0 Å². The molecular formula is C11H13Br2NO2. The summed E-state index contributed by atoms with van der Waals surface area (Å²) >= 11 is 6.58. The highest BCUT2D eigenvalue weighted by atomic mass is 79.9. The molecule has 0 aliphatic rings. The summed E-state index contributed by atoms with van der Waals surface area (Å²) in [4.78, 5) is 16.0. The molecule has 88 valence electrons. The van der Waals surface area contributed by atoms with Crippen molar-refractivity contribution in [3.63, 3.8) is 0 Å². The molecule has 16 heavy (non-hydrogen) atoms. The topological polar surface area (TPSA) is 39.2 Å². The molecule has 0 saturated carbocycles. The molecule has 1 aromatic rings. The van der Waals surface area contributed by atoms with Crippen molar-refractivity contribution < 1.29 is 9.53 Å². The van der Waals surface area contributed by atoms with Gasteiger partial charge in [0.05, 0.1) is 5.69 Å². The molecule has 0 saturated heterocycles. The summed E-state index contributed by atoms with van der Waals surface area (Å²) in [5, 5.41) is 0. The van der Waals surface area contributed by atoms with Gasteiger partial charge in [0.25, 0.3) is 0 Å². The third-order valence-corrected chi connectivity index (χ3v) is 3.10. The predicted molar refractivity (Wildman–Crippen MR) is 69.6 cm³/mol. The predicted octanol–water partition coefficient (Wildman–Crippen LogP) is 3.37. The second-order valence-corrected chi connectivity index (χ2v) is 7.73. The van der Waals surface area contributed by atoms with E-state index >= 15 is 0 Å². The lowest BCUT2D eigenvalue weighted by atomic mass is 10.2. The van der Waals surface area contributed by atoms with Crippen LogP contribution in [0.4, 0.5) is 0 Å². The van der Waals surface area contributed by atoms with Crippen molar-refractivity contribution >= 4 is 37.8 Å². The number of rotatable bonds is 2. The SMILES string of the molecule is CC(C)(C)OC(=O)C(Br)(Br)c1ccccn1. The highest BCUT2D eigenvalue weighted by Gasteiger charge is 2.39. The van der Waals surface area contributed by atoms with E-state index in [1.54, 1.807) is 18.3 Å². The summed E-state index contributed by atoms with van der Waals surface area (Å²) in [6, 6.07) is 5.34. The summed E-state index contributed by atoms with van der Waals surface area (Å²) in [6.45, 7) is 5.46. The van der Waals surface area contributed by atoms with Crippen molar-refractivity contribution in [3.05, 3.63) is 30.1 Å². The number of aromatic nitrogens is 1. The zero-order chi connectivity index (χ0) is 12.4. The van der Waals surface area contributed by atoms with Crippen LogP contribution >= 0.6 is 31.9 Å². The van der Waals surface area contributed by atoms with Gasteiger partial charge >= 0.3 is 5.97 Å². The van der Waals surface area contributed by atoms with E-state index in [-0.39, 0.29) is 0 Å².